The van der Waals surface area contributed by atoms with Crippen LogP contribution in [0.15, 0.2) is 10.8 Å². The van der Waals surface area contributed by atoms with E-state index >= 15 is 0 Å². The van der Waals surface area contributed by atoms with Crippen LogP contribution in [0.25, 0.3) is 0 Å². The molecular formula is C22H40N4O6Si. The lowest BCUT2D eigenvalue weighted by atomic mass is 9.95. The molecule has 1 fully saturated rings. The summed E-state index contributed by atoms with van der Waals surface area (Å²) >= 11 is 0. The van der Waals surface area contributed by atoms with Crippen molar-refractivity contribution in [3.8, 4) is 0 Å². The van der Waals surface area contributed by atoms with Crippen LogP contribution < -0.4 is 5.32 Å². The Morgan fingerprint density at radius 3 is 2.42 bits per heavy atom. The summed E-state index contributed by atoms with van der Waals surface area (Å²) in [5, 5.41) is 20.9. The fourth-order valence-electron chi connectivity index (χ4n) is 3.62. The average molecular weight is 485 g/mol. The number of amides is 2. The molecule has 0 aliphatic carbocycles. The van der Waals surface area contributed by atoms with Crippen molar-refractivity contribution < 1.29 is 28.3 Å². The van der Waals surface area contributed by atoms with Crippen LogP contribution in [0.1, 0.15) is 73.2 Å². The van der Waals surface area contributed by atoms with Crippen LogP contribution in [0.3, 0.4) is 0 Å². The Bertz CT molecular complexity index is 818. The molecule has 33 heavy (non-hydrogen) atoms. The Kier molecular flexibility index (Phi) is 8.02. The molecule has 10 nitrogen and oxygen atoms in total. The molecule has 2 N–H and O–H groups in total. The van der Waals surface area contributed by atoms with E-state index in [1.54, 1.807) is 20.8 Å². The molecule has 2 heterocycles. The highest BCUT2D eigenvalue weighted by Crippen LogP contribution is 2.39. The predicted octanol–water partition coefficient (Wildman–Crippen LogP) is 3.40. The van der Waals surface area contributed by atoms with Gasteiger partial charge in [-0.05, 0) is 58.7 Å². The van der Waals surface area contributed by atoms with Gasteiger partial charge in [0.1, 0.15) is 17.2 Å². The minimum Gasteiger partial charge on any atom is -0.444 e. The fourth-order valence-corrected chi connectivity index (χ4v) is 5.04. The normalized spacial score (nSPS) is 21.6. The maximum atomic E-state index is 13.6. The molecule has 2 amide bonds. The minimum atomic E-state index is -2.19. The second-order valence-electron chi connectivity index (χ2n) is 11.2. The van der Waals surface area contributed by atoms with Crippen molar-refractivity contribution in [2.24, 2.45) is 0 Å². The summed E-state index contributed by atoms with van der Waals surface area (Å²) < 4.78 is 17.4. The van der Waals surface area contributed by atoms with Gasteiger partial charge in [0, 0.05) is 6.54 Å². The quantitative estimate of drug-likeness (QED) is 0.564. The number of nitrogens with zero attached hydrogens (tertiary/aromatic N) is 3. The van der Waals surface area contributed by atoms with Crippen LogP contribution in [-0.4, -0.2) is 70.9 Å². The predicted molar refractivity (Wildman–Crippen MR) is 125 cm³/mol. The molecule has 0 bridgehead atoms. The monoisotopic (exact) mass is 484 g/mol. The van der Waals surface area contributed by atoms with E-state index in [0.717, 1.165) is 0 Å². The minimum absolute atomic E-state index is 0.0457. The highest BCUT2D eigenvalue weighted by Gasteiger charge is 2.52. The molecule has 1 saturated heterocycles. The molecule has 1 unspecified atom stereocenters. The third-order valence-electron chi connectivity index (χ3n) is 6.47. The van der Waals surface area contributed by atoms with Gasteiger partial charge in [0.15, 0.2) is 8.32 Å². The van der Waals surface area contributed by atoms with Crippen LogP contribution in [0.2, 0.25) is 18.1 Å². The standard InChI is InChI=1S/C22H40N4O6Si/c1-15(32-33(8,9)21(5,6)7)16(17-25-23-14-30-17)24-18(28)22(13-27)11-10-12-26(22)19(29)31-20(2,3)4/h14-16,27H,10-13H2,1-9H3,(H,24,28)/t15-,16+,22?/m1/s1. The number of ether oxygens (including phenoxy) is 1. The summed E-state index contributed by atoms with van der Waals surface area (Å²) in [6.45, 7) is 17.5. The van der Waals surface area contributed by atoms with E-state index < -0.39 is 50.2 Å². The third-order valence-corrected chi connectivity index (χ3v) is 11.0. The molecule has 0 spiro atoms. The second kappa shape index (κ2) is 9.71. The van der Waals surface area contributed by atoms with Gasteiger partial charge in [0.2, 0.25) is 18.2 Å². The molecule has 1 aliphatic rings. The summed E-state index contributed by atoms with van der Waals surface area (Å²) in [4.78, 5) is 27.8. The van der Waals surface area contributed by atoms with Crippen molar-refractivity contribution in [1.82, 2.24) is 20.4 Å². The molecule has 0 radical (unpaired) electrons. The van der Waals surface area contributed by atoms with E-state index in [2.05, 4.69) is 49.4 Å². The zero-order valence-electron chi connectivity index (χ0n) is 21.4. The number of carbonyl (C=O) groups is 2. The number of aliphatic hydroxyl groups is 1. The highest BCUT2D eigenvalue weighted by atomic mass is 28.4. The van der Waals surface area contributed by atoms with Gasteiger partial charge in [0.05, 0.1) is 12.7 Å². The first-order valence-electron chi connectivity index (χ1n) is 11.4. The average Bonchev–Trinajstić information content (AvgIpc) is 3.33. The zero-order chi connectivity index (χ0) is 25.2. The van der Waals surface area contributed by atoms with Crippen molar-refractivity contribution in [1.29, 1.82) is 0 Å². The number of aliphatic hydroxyl groups excluding tert-OH is 1. The molecule has 1 aromatic rings. The van der Waals surface area contributed by atoms with E-state index in [1.165, 1.54) is 11.3 Å². The number of rotatable bonds is 7. The van der Waals surface area contributed by atoms with Crippen LogP contribution >= 0.6 is 0 Å². The first-order chi connectivity index (χ1) is 15.0. The van der Waals surface area contributed by atoms with E-state index in [1.807, 2.05) is 6.92 Å². The number of carbonyl (C=O) groups excluding carboxylic acids is 2. The molecule has 0 saturated carbocycles. The van der Waals surface area contributed by atoms with Gasteiger partial charge in [-0.3, -0.25) is 9.69 Å². The van der Waals surface area contributed by atoms with Gasteiger partial charge >= 0.3 is 6.09 Å². The van der Waals surface area contributed by atoms with Gasteiger partial charge in [-0.2, -0.15) is 0 Å². The van der Waals surface area contributed by atoms with E-state index in [4.69, 9.17) is 13.6 Å². The van der Waals surface area contributed by atoms with Crippen molar-refractivity contribution in [3.05, 3.63) is 12.3 Å². The highest BCUT2D eigenvalue weighted by molar-refractivity contribution is 6.74. The van der Waals surface area contributed by atoms with Crippen LogP contribution in [0.4, 0.5) is 4.79 Å². The maximum absolute atomic E-state index is 13.6. The number of hydrogen-bond acceptors (Lipinski definition) is 8. The van der Waals surface area contributed by atoms with E-state index in [-0.39, 0.29) is 10.9 Å². The molecule has 11 heteroatoms. The molecular weight excluding hydrogens is 444 g/mol. The summed E-state index contributed by atoms with van der Waals surface area (Å²) in [6, 6.07) is -0.751. The SMILES string of the molecule is C[C@@H](O[Si](C)(C)C(C)(C)C)[C@H](NC(=O)C1(CO)CCCN1C(=O)OC(C)(C)C)c1nnco1. The third kappa shape index (κ3) is 6.13. The summed E-state index contributed by atoms with van der Waals surface area (Å²) in [7, 11) is -2.19. The van der Waals surface area contributed by atoms with E-state index in [9.17, 15) is 14.7 Å². The molecule has 3 atom stereocenters. The zero-order valence-corrected chi connectivity index (χ0v) is 22.4. The topological polar surface area (TPSA) is 127 Å². The summed E-state index contributed by atoms with van der Waals surface area (Å²) in [5.74, 6) is -0.313. The van der Waals surface area contributed by atoms with Crippen molar-refractivity contribution in [2.45, 2.75) is 103 Å². The molecule has 188 valence electrons. The lowest BCUT2D eigenvalue weighted by Crippen LogP contribution is -2.61. The Morgan fingerprint density at radius 1 is 1.30 bits per heavy atom. The Hall–Kier alpha value is -1.98. The second-order valence-corrected chi connectivity index (χ2v) is 16.0. The number of likely N-dealkylation sites (tertiary alicyclic amines) is 1. The smallest absolute Gasteiger partial charge is 0.411 e. The van der Waals surface area contributed by atoms with Crippen molar-refractivity contribution >= 4 is 20.3 Å². The molecule has 0 aromatic carbocycles. The largest absolute Gasteiger partial charge is 0.444 e. The lowest BCUT2D eigenvalue weighted by molar-refractivity contribution is -0.136. The lowest BCUT2D eigenvalue weighted by Gasteiger charge is -2.41. The number of nitrogens with one attached hydrogen (secondary N) is 1. The van der Waals surface area contributed by atoms with Gasteiger partial charge in [-0.1, -0.05) is 20.8 Å². The van der Waals surface area contributed by atoms with Crippen molar-refractivity contribution in [3.63, 3.8) is 0 Å². The van der Waals surface area contributed by atoms with Gasteiger partial charge in [0.25, 0.3) is 0 Å². The van der Waals surface area contributed by atoms with Crippen molar-refractivity contribution in [2.75, 3.05) is 13.2 Å². The van der Waals surface area contributed by atoms with Gasteiger partial charge in [-0.15, -0.1) is 10.2 Å². The molecule has 1 aromatic heterocycles. The maximum Gasteiger partial charge on any atom is 0.411 e. The van der Waals surface area contributed by atoms with Crippen LogP contribution in [0, 0.1) is 0 Å². The van der Waals surface area contributed by atoms with Crippen LogP contribution in [0.5, 0.6) is 0 Å². The van der Waals surface area contributed by atoms with E-state index in [0.29, 0.717) is 19.4 Å². The Balaban J connectivity index is 2.32. The molecule has 1 aliphatic heterocycles. The first-order valence-corrected chi connectivity index (χ1v) is 14.3. The fraction of sp³-hybridized carbons (Fsp3) is 0.818. The van der Waals surface area contributed by atoms with Gasteiger partial charge in [-0.25, -0.2) is 4.79 Å². The summed E-state index contributed by atoms with van der Waals surface area (Å²) in [6.07, 6.45) is 0.946. The van der Waals surface area contributed by atoms with Crippen LogP contribution in [-0.2, 0) is 14.0 Å². The first kappa shape index (κ1) is 27.3. The number of hydrogen-bond donors (Lipinski definition) is 2. The van der Waals surface area contributed by atoms with Gasteiger partial charge < -0.3 is 24.0 Å². The Morgan fingerprint density at radius 2 is 1.94 bits per heavy atom. The summed E-state index contributed by atoms with van der Waals surface area (Å²) in [5.41, 5.74) is -2.17. The Labute approximate surface area is 197 Å². The molecule has 2 rings (SSSR count). The number of aromatic nitrogens is 2.